The lowest BCUT2D eigenvalue weighted by atomic mass is 10.1. The molecule has 35 heavy (non-hydrogen) atoms. The summed E-state index contributed by atoms with van der Waals surface area (Å²) >= 11 is 0. The number of nitrogen functional groups attached to an aromatic ring is 1. The first-order valence-electron chi connectivity index (χ1n) is 10.6. The summed E-state index contributed by atoms with van der Waals surface area (Å²) in [6.45, 7) is 0. The summed E-state index contributed by atoms with van der Waals surface area (Å²) in [5, 5.41) is 13.5. The Bertz CT molecular complexity index is 1240. The Kier molecular flexibility index (Phi) is 8.24. The molecule has 0 aliphatic heterocycles. The summed E-state index contributed by atoms with van der Waals surface area (Å²) in [5.41, 5.74) is 8.63. The van der Waals surface area contributed by atoms with E-state index >= 15 is 0 Å². The molecule has 8 nitrogen and oxygen atoms in total. The number of ether oxygens (including phenoxy) is 4. The second kappa shape index (κ2) is 11.5. The lowest BCUT2D eigenvalue weighted by molar-refractivity contribution is 0.104. The van der Waals surface area contributed by atoms with Gasteiger partial charge in [-0.05, 0) is 47.5 Å². The first kappa shape index (κ1) is 25.0. The number of anilines is 2. The summed E-state index contributed by atoms with van der Waals surface area (Å²) in [5.74, 6) is 1.48. The van der Waals surface area contributed by atoms with E-state index in [1.54, 1.807) is 57.7 Å². The van der Waals surface area contributed by atoms with Gasteiger partial charge >= 0.3 is 0 Å². The number of allylic oxidation sites excluding steroid dienone is 1. The van der Waals surface area contributed by atoms with Gasteiger partial charge in [0.1, 0.15) is 0 Å². The van der Waals surface area contributed by atoms with Gasteiger partial charge in [-0.15, -0.1) is 0 Å². The molecule has 0 atom stereocenters. The van der Waals surface area contributed by atoms with Crippen LogP contribution in [0.5, 0.6) is 28.7 Å². The molecule has 182 valence electrons. The number of para-hydroxylation sites is 1. The zero-order chi connectivity index (χ0) is 25.4. The molecule has 4 N–H and O–H groups in total. The molecule has 0 spiro atoms. The highest BCUT2D eigenvalue weighted by Gasteiger charge is 2.13. The Balaban J connectivity index is 1.86. The molecule has 3 aromatic carbocycles. The molecule has 0 aliphatic rings. The third kappa shape index (κ3) is 5.86. The largest absolute Gasteiger partial charge is 0.504 e. The summed E-state index contributed by atoms with van der Waals surface area (Å²) in [6, 6.07) is 13.8. The van der Waals surface area contributed by atoms with E-state index in [1.165, 1.54) is 19.4 Å². The van der Waals surface area contributed by atoms with Crippen LogP contribution in [0.25, 0.3) is 12.2 Å². The minimum Gasteiger partial charge on any atom is -0.504 e. The number of aromatic hydroxyl groups is 1. The van der Waals surface area contributed by atoms with Crippen molar-refractivity contribution in [2.75, 3.05) is 39.5 Å². The molecule has 0 aliphatic carbocycles. The molecule has 3 aromatic rings. The third-order valence-corrected chi connectivity index (χ3v) is 5.15. The normalized spacial score (nSPS) is 11.0. The van der Waals surface area contributed by atoms with Crippen LogP contribution in [-0.2, 0) is 0 Å². The van der Waals surface area contributed by atoms with Gasteiger partial charge in [0, 0.05) is 23.5 Å². The van der Waals surface area contributed by atoms with Crippen molar-refractivity contribution in [3.63, 3.8) is 0 Å². The fourth-order valence-corrected chi connectivity index (χ4v) is 3.46. The third-order valence-electron chi connectivity index (χ3n) is 5.15. The lowest BCUT2D eigenvalue weighted by Gasteiger charge is -2.13. The van der Waals surface area contributed by atoms with E-state index in [0.717, 1.165) is 5.56 Å². The van der Waals surface area contributed by atoms with Crippen molar-refractivity contribution in [3.05, 3.63) is 77.5 Å². The van der Waals surface area contributed by atoms with Crippen molar-refractivity contribution in [1.82, 2.24) is 0 Å². The molecule has 8 heteroatoms. The summed E-state index contributed by atoms with van der Waals surface area (Å²) < 4.78 is 21.5. The fourth-order valence-electron chi connectivity index (χ4n) is 3.46. The standard InChI is InChI=1S/C27H28N2O6/c1-32-24-15-18(16-25(33-2)27(24)35-4)10-9-17-13-21(26(34-3)23(31)14-17)29-12-11-22(30)19-7-5-6-8-20(19)28/h5-16,29,31H,28H2,1-4H3. The number of phenolic OH excluding ortho intramolecular Hbond substituents is 1. The molecule has 0 heterocycles. The van der Waals surface area contributed by atoms with Crippen molar-refractivity contribution >= 4 is 29.3 Å². The highest BCUT2D eigenvalue weighted by atomic mass is 16.5. The Morgan fingerprint density at radius 3 is 2.03 bits per heavy atom. The lowest BCUT2D eigenvalue weighted by Crippen LogP contribution is -2.01. The van der Waals surface area contributed by atoms with E-state index < -0.39 is 0 Å². The minimum absolute atomic E-state index is 0.0610. The second-order valence-corrected chi connectivity index (χ2v) is 7.34. The van der Waals surface area contributed by atoms with Crippen LogP contribution in [0.15, 0.2) is 60.8 Å². The number of carbonyl (C=O) groups is 1. The number of nitrogens with two attached hydrogens (primary N) is 1. The molecular weight excluding hydrogens is 448 g/mol. The summed E-state index contributed by atoms with van der Waals surface area (Å²) in [4.78, 5) is 12.4. The van der Waals surface area contributed by atoms with Crippen LogP contribution in [0.2, 0.25) is 0 Å². The Hall–Kier alpha value is -4.59. The van der Waals surface area contributed by atoms with Gasteiger partial charge in [0.25, 0.3) is 0 Å². The first-order valence-corrected chi connectivity index (χ1v) is 10.6. The number of benzene rings is 3. The molecule has 3 rings (SSSR count). The van der Waals surface area contributed by atoms with Crippen LogP contribution in [0.1, 0.15) is 21.5 Å². The van der Waals surface area contributed by atoms with Gasteiger partial charge in [-0.2, -0.15) is 0 Å². The zero-order valence-corrected chi connectivity index (χ0v) is 20.0. The van der Waals surface area contributed by atoms with Crippen molar-refractivity contribution in [2.45, 2.75) is 0 Å². The van der Waals surface area contributed by atoms with Crippen LogP contribution >= 0.6 is 0 Å². The smallest absolute Gasteiger partial charge is 0.203 e. The number of carbonyl (C=O) groups excluding carboxylic acids is 1. The van der Waals surface area contributed by atoms with Crippen LogP contribution in [0.3, 0.4) is 0 Å². The van der Waals surface area contributed by atoms with Crippen molar-refractivity contribution in [2.24, 2.45) is 0 Å². The highest BCUT2D eigenvalue weighted by molar-refractivity contribution is 6.08. The Morgan fingerprint density at radius 1 is 0.857 bits per heavy atom. The molecule has 0 saturated carbocycles. The van der Waals surface area contributed by atoms with Gasteiger partial charge in [-0.1, -0.05) is 24.3 Å². The highest BCUT2D eigenvalue weighted by Crippen LogP contribution is 2.39. The maximum Gasteiger partial charge on any atom is 0.203 e. The molecule has 0 radical (unpaired) electrons. The van der Waals surface area contributed by atoms with Gasteiger partial charge in [0.15, 0.2) is 28.8 Å². The SMILES string of the molecule is COc1cc(C=Cc2cc(O)c(OC)c(NC=CC(=O)c3ccccc3N)c2)cc(OC)c1OC. The molecule has 0 saturated heterocycles. The predicted octanol–water partition coefficient (Wildman–Crippen LogP) is 4.99. The molecular formula is C27H28N2O6. The van der Waals surface area contributed by atoms with E-state index in [9.17, 15) is 9.90 Å². The van der Waals surface area contributed by atoms with Crippen molar-refractivity contribution in [3.8, 4) is 28.7 Å². The Morgan fingerprint density at radius 2 is 1.46 bits per heavy atom. The number of hydrogen-bond acceptors (Lipinski definition) is 8. The monoisotopic (exact) mass is 476 g/mol. The van der Waals surface area contributed by atoms with Gasteiger partial charge in [-0.3, -0.25) is 4.79 Å². The number of phenols is 1. The fraction of sp³-hybridized carbons (Fsp3) is 0.148. The van der Waals surface area contributed by atoms with Crippen LogP contribution in [0.4, 0.5) is 11.4 Å². The second-order valence-electron chi connectivity index (χ2n) is 7.34. The van der Waals surface area contributed by atoms with Crippen molar-refractivity contribution in [1.29, 1.82) is 0 Å². The van der Waals surface area contributed by atoms with Gasteiger partial charge in [0.2, 0.25) is 5.75 Å². The number of nitrogens with one attached hydrogen (secondary N) is 1. The van der Waals surface area contributed by atoms with Crippen LogP contribution < -0.4 is 30.0 Å². The molecule has 0 unspecified atom stereocenters. The molecule has 0 aromatic heterocycles. The van der Waals surface area contributed by atoms with E-state index in [-0.39, 0.29) is 17.3 Å². The average Bonchev–Trinajstić information content (AvgIpc) is 2.86. The first-order chi connectivity index (χ1) is 16.9. The van der Waals surface area contributed by atoms with E-state index in [1.807, 2.05) is 24.3 Å². The number of methoxy groups -OCH3 is 4. The quantitative estimate of drug-likeness (QED) is 0.162. The van der Waals surface area contributed by atoms with Gasteiger partial charge in [0.05, 0.1) is 34.1 Å². The van der Waals surface area contributed by atoms with Crippen LogP contribution in [-0.4, -0.2) is 39.3 Å². The maximum atomic E-state index is 12.4. The topological polar surface area (TPSA) is 112 Å². The van der Waals surface area contributed by atoms with Crippen LogP contribution in [0, 0.1) is 0 Å². The van der Waals surface area contributed by atoms with Gasteiger partial charge in [-0.25, -0.2) is 0 Å². The minimum atomic E-state index is -0.253. The van der Waals surface area contributed by atoms with E-state index in [0.29, 0.717) is 39.8 Å². The Labute approximate surface area is 204 Å². The van der Waals surface area contributed by atoms with Crippen molar-refractivity contribution < 1.29 is 28.8 Å². The maximum absolute atomic E-state index is 12.4. The summed E-state index contributed by atoms with van der Waals surface area (Å²) in [6.07, 6.45) is 6.48. The average molecular weight is 477 g/mol. The zero-order valence-electron chi connectivity index (χ0n) is 20.0. The predicted molar refractivity (Wildman–Crippen MR) is 138 cm³/mol. The molecule has 0 fully saturated rings. The summed E-state index contributed by atoms with van der Waals surface area (Å²) in [7, 11) is 6.09. The number of ketones is 1. The number of hydrogen-bond donors (Lipinski definition) is 3. The number of rotatable bonds is 10. The van der Waals surface area contributed by atoms with E-state index in [2.05, 4.69) is 5.32 Å². The molecule has 0 amide bonds. The molecule has 0 bridgehead atoms. The van der Waals surface area contributed by atoms with Gasteiger partial charge < -0.3 is 35.1 Å². The van der Waals surface area contributed by atoms with E-state index in [4.69, 9.17) is 24.7 Å².